The van der Waals surface area contributed by atoms with E-state index < -0.39 is 10.0 Å². The number of benzene rings is 4. The molecule has 0 aliphatic heterocycles. The second-order valence-electron chi connectivity index (χ2n) is 11.4. The number of aliphatic hydroxyl groups excluding tert-OH is 1. The summed E-state index contributed by atoms with van der Waals surface area (Å²) in [6, 6.07) is 23.6. The topological polar surface area (TPSA) is 179 Å². The third-order valence-electron chi connectivity index (χ3n) is 8.03. The Labute approximate surface area is 315 Å². The minimum Gasteiger partial charge on any atom is -0.497 e. The molecule has 0 bridgehead atoms. The first kappa shape index (κ1) is 42.3. The van der Waals surface area contributed by atoms with E-state index in [4.69, 9.17) is 28.4 Å². The van der Waals surface area contributed by atoms with E-state index in [0.717, 1.165) is 85.5 Å². The standard InChI is InChI=1S/C19H22N2O3.C18H19NO4.CH5NO2S.ClH/c1-20-11-16-19(12-5-7-13(22-2)8-6-12)14-9-17(23-3)18(24-4)10-15(14)21-16;1-21-12-6-4-11(5-7-12)18-13-8-16(22-2)17(23-3)9-14(13)19-15(18)10-20;1-5(2,3)4;/h5-10,20-21H,11H2,1-4H3;4-9,19-20H,10H2,1-3H3;1H3,(H2,2,3,4);1H. The van der Waals surface area contributed by atoms with Gasteiger partial charge < -0.3 is 48.8 Å². The molecule has 53 heavy (non-hydrogen) atoms. The highest BCUT2D eigenvalue weighted by Gasteiger charge is 2.18. The van der Waals surface area contributed by atoms with E-state index in [1.54, 1.807) is 42.7 Å². The van der Waals surface area contributed by atoms with E-state index in [2.05, 4.69) is 32.6 Å². The first-order valence-corrected chi connectivity index (χ1v) is 17.9. The Bertz CT molecular complexity index is 2190. The van der Waals surface area contributed by atoms with Crippen molar-refractivity contribution in [2.24, 2.45) is 5.14 Å². The van der Waals surface area contributed by atoms with Crippen molar-refractivity contribution in [3.8, 4) is 56.8 Å². The lowest BCUT2D eigenvalue weighted by Gasteiger charge is -2.09. The molecule has 0 atom stereocenters. The molecule has 0 spiro atoms. The van der Waals surface area contributed by atoms with Crippen LogP contribution in [-0.4, -0.2) is 79.5 Å². The zero-order valence-corrected chi connectivity index (χ0v) is 32.6. The molecular formula is C38H47ClN4O9S. The van der Waals surface area contributed by atoms with Gasteiger partial charge in [-0.3, -0.25) is 0 Å². The maximum Gasteiger partial charge on any atom is 0.206 e. The molecule has 6 rings (SSSR count). The molecule has 13 nitrogen and oxygen atoms in total. The zero-order chi connectivity index (χ0) is 38.0. The smallest absolute Gasteiger partial charge is 0.206 e. The van der Waals surface area contributed by atoms with Crippen LogP contribution in [0.2, 0.25) is 0 Å². The first-order valence-electron chi connectivity index (χ1n) is 16.0. The fraction of sp³-hybridized carbons (Fsp3) is 0.263. The van der Waals surface area contributed by atoms with Gasteiger partial charge in [0.1, 0.15) is 11.5 Å². The summed E-state index contributed by atoms with van der Waals surface area (Å²) in [5.41, 5.74) is 8.00. The predicted molar refractivity (Wildman–Crippen MR) is 212 cm³/mol. The van der Waals surface area contributed by atoms with Crippen LogP contribution in [0.5, 0.6) is 34.5 Å². The third kappa shape index (κ3) is 10.3. The number of nitrogens with two attached hydrogens (primary N) is 1. The molecule has 0 amide bonds. The summed E-state index contributed by atoms with van der Waals surface area (Å²) in [7, 11) is 8.58. The molecule has 286 valence electrons. The number of hydrogen-bond donors (Lipinski definition) is 5. The summed E-state index contributed by atoms with van der Waals surface area (Å²) in [5, 5.41) is 19.3. The first-order chi connectivity index (χ1) is 24.9. The molecule has 4 aromatic carbocycles. The van der Waals surface area contributed by atoms with Gasteiger partial charge in [-0.15, -0.1) is 12.4 Å². The molecule has 15 heteroatoms. The average Bonchev–Trinajstić information content (AvgIpc) is 3.69. The summed E-state index contributed by atoms with van der Waals surface area (Å²) in [4.78, 5) is 6.74. The Morgan fingerprint density at radius 1 is 0.623 bits per heavy atom. The highest BCUT2D eigenvalue weighted by Crippen LogP contribution is 2.41. The number of aromatic nitrogens is 2. The molecular weight excluding hydrogens is 724 g/mol. The van der Waals surface area contributed by atoms with E-state index in [1.807, 2.05) is 67.7 Å². The number of rotatable bonds is 11. The summed E-state index contributed by atoms with van der Waals surface area (Å²) in [5.74, 6) is 4.36. The lowest BCUT2D eigenvalue weighted by Crippen LogP contribution is -2.07. The molecule has 0 radical (unpaired) electrons. The Morgan fingerprint density at radius 3 is 1.28 bits per heavy atom. The van der Waals surface area contributed by atoms with Crippen LogP contribution in [0.3, 0.4) is 0 Å². The van der Waals surface area contributed by atoms with Crippen molar-refractivity contribution in [3.63, 3.8) is 0 Å². The maximum atomic E-state index is 9.72. The Morgan fingerprint density at radius 2 is 0.962 bits per heavy atom. The Hall–Kier alpha value is -5.12. The van der Waals surface area contributed by atoms with Crippen molar-refractivity contribution >= 4 is 44.2 Å². The molecule has 0 unspecified atom stereocenters. The van der Waals surface area contributed by atoms with Gasteiger partial charge in [-0.05, 0) is 54.6 Å². The van der Waals surface area contributed by atoms with Crippen LogP contribution in [-0.2, 0) is 23.2 Å². The largest absolute Gasteiger partial charge is 0.497 e. The number of aromatic amines is 2. The van der Waals surface area contributed by atoms with Crippen molar-refractivity contribution < 1.29 is 41.9 Å². The van der Waals surface area contributed by atoms with E-state index in [1.165, 1.54) is 0 Å². The van der Waals surface area contributed by atoms with Crippen molar-refractivity contribution in [2.45, 2.75) is 13.2 Å². The van der Waals surface area contributed by atoms with Crippen LogP contribution in [0.4, 0.5) is 0 Å². The fourth-order valence-electron chi connectivity index (χ4n) is 5.76. The normalized spacial score (nSPS) is 10.7. The number of fused-ring (bicyclic) bond motifs is 2. The third-order valence-corrected chi connectivity index (χ3v) is 8.03. The van der Waals surface area contributed by atoms with Gasteiger partial charge in [0, 0.05) is 52.0 Å². The number of ether oxygens (including phenoxy) is 6. The summed E-state index contributed by atoms with van der Waals surface area (Å²) in [6.45, 7) is 0.654. The van der Waals surface area contributed by atoms with Crippen molar-refractivity contribution in [1.82, 2.24) is 15.3 Å². The monoisotopic (exact) mass is 770 g/mol. The van der Waals surface area contributed by atoms with Crippen molar-refractivity contribution in [1.29, 1.82) is 0 Å². The lowest BCUT2D eigenvalue weighted by molar-refractivity contribution is 0.278. The quantitative estimate of drug-likeness (QED) is 0.101. The summed E-state index contributed by atoms with van der Waals surface area (Å²) in [6.07, 6.45) is 0.938. The van der Waals surface area contributed by atoms with E-state index >= 15 is 0 Å². The lowest BCUT2D eigenvalue weighted by atomic mass is 10.0. The number of H-pyrrole nitrogens is 2. The highest BCUT2D eigenvalue weighted by atomic mass is 35.5. The van der Waals surface area contributed by atoms with E-state index in [0.29, 0.717) is 17.2 Å². The molecule has 6 aromatic rings. The SMILES string of the molecule is CNCc1[nH]c2cc(OC)c(OC)cc2c1-c1ccc(OC)cc1.COc1ccc(-c2c(CO)[nH]c3cc(OC)c(OC)cc23)cc1.CS(N)(=O)=O.Cl. The van der Waals surface area contributed by atoms with Gasteiger partial charge in [0.2, 0.25) is 10.0 Å². The molecule has 0 saturated heterocycles. The van der Waals surface area contributed by atoms with Crippen LogP contribution in [0.1, 0.15) is 11.4 Å². The number of methoxy groups -OCH3 is 6. The van der Waals surface area contributed by atoms with Gasteiger partial charge in [-0.1, -0.05) is 24.3 Å². The van der Waals surface area contributed by atoms with Gasteiger partial charge in [0.05, 0.1) is 66.6 Å². The van der Waals surface area contributed by atoms with Crippen molar-refractivity contribution in [2.75, 3.05) is 56.0 Å². The Balaban J connectivity index is 0.000000249. The van der Waals surface area contributed by atoms with Crippen molar-refractivity contribution in [3.05, 3.63) is 84.2 Å². The van der Waals surface area contributed by atoms with Crippen LogP contribution >= 0.6 is 12.4 Å². The fourth-order valence-corrected chi connectivity index (χ4v) is 5.76. The molecule has 0 saturated carbocycles. The number of nitrogens with one attached hydrogen (secondary N) is 3. The van der Waals surface area contributed by atoms with Gasteiger partial charge >= 0.3 is 0 Å². The molecule has 0 aliphatic rings. The van der Waals surface area contributed by atoms with Crippen LogP contribution in [0.25, 0.3) is 44.1 Å². The molecule has 2 aromatic heterocycles. The number of sulfonamides is 1. The predicted octanol–water partition coefficient (Wildman–Crippen LogP) is 6.26. The van der Waals surface area contributed by atoms with Gasteiger partial charge in [0.15, 0.2) is 23.0 Å². The molecule has 0 aliphatic carbocycles. The minimum absolute atomic E-state index is 0. The van der Waals surface area contributed by atoms with Gasteiger partial charge in [-0.25, -0.2) is 13.6 Å². The van der Waals surface area contributed by atoms with E-state index in [-0.39, 0.29) is 19.0 Å². The Kier molecular flexibility index (Phi) is 15.2. The van der Waals surface area contributed by atoms with Crippen LogP contribution in [0, 0.1) is 0 Å². The van der Waals surface area contributed by atoms with E-state index in [9.17, 15) is 13.5 Å². The molecule has 0 fully saturated rings. The maximum absolute atomic E-state index is 9.72. The molecule has 6 N–H and O–H groups in total. The summed E-state index contributed by atoms with van der Waals surface area (Å²) >= 11 is 0. The zero-order valence-electron chi connectivity index (χ0n) is 30.9. The summed E-state index contributed by atoms with van der Waals surface area (Å²) < 4.78 is 50.9. The van der Waals surface area contributed by atoms with Gasteiger partial charge in [-0.2, -0.15) is 0 Å². The number of aliphatic hydroxyl groups is 1. The highest BCUT2D eigenvalue weighted by molar-refractivity contribution is 7.88. The van der Waals surface area contributed by atoms with Gasteiger partial charge in [0.25, 0.3) is 0 Å². The number of hydrogen-bond acceptors (Lipinski definition) is 10. The second kappa shape index (κ2) is 19.1. The second-order valence-corrected chi connectivity index (χ2v) is 13.1. The average molecular weight is 771 g/mol. The minimum atomic E-state index is -3.17. The number of halogens is 1. The van der Waals surface area contributed by atoms with Crippen LogP contribution in [0.15, 0.2) is 72.8 Å². The van der Waals surface area contributed by atoms with Crippen LogP contribution < -0.4 is 38.9 Å². The molecule has 2 heterocycles. The number of primary sulfonamides is 1.